The molecule has 0 spiro atoms. The Hall–Kier alpha value is -1.47. The first-order valence-corrected chi connectivity index (χ1v) is 6.16. The maximum Gasteiger partial charge on any atom is 0.218 e. The van der Waals surface area contributed by atoms with Gasteiger partial charge in [0, 0.05) is 5.75 Å². The van der Waals surface area contributed by atoms with Gasteiger partial charge in [0.2, 0.25) is 6.10 Å². The Bertz CT molecular complexity index is 411. The topological polar surface area (TPSA) is 45.4 Å². The van der Waals surface area contributed by atoms with Crippen LogP contribution in [0.5, 0.6) is 0 Å². The zero-order chi connectivity index (χ0) is 11.2. The molecule has 4 heteroatoms. The van der Waals surface area contributed by atoms with Crippen LogP contribution in [0.4, 0.5) is 0 Å². The lowest BCUT2D eigenvalue weighted by Crippen LogP contribution is -2.02. The lowest BCUT2D eigenvalue weighted by Gasteiger charge is -1.99. The van der Waals surface area contributed by atoms with Gasteiger partial charge in [-0.25, -0.2) is 0 Å². The zero-order valence-electron chi connectivity index (χ0n) is 8.80. The molecule has 2 rings (SSSR count). The number of hydrogen-bond acceptors (Lipinski definition) is 4. The molecule has 1 aliphatic heterocycles. The lowest BCUT2D eigenvalue weighted by molar-refractivity contribution is 0.125. The summed E-state index contributed by atoms with van der Waals surface area (Å²) in [6.45, 7) is 0. The molecule has 1 aliphatic rings. The summed E-state index contributed by atoms with van der Waals surface area (Å²) in [4.78, 5) is 4.92. The molecule has 0 aromatic heterocycles. The Labute approximate surface area is 99.1 Å². The summed E-state index contributed by atoms with van der Waals surface area (Å²) in [5.41, 5.74) is 1.33. The highest BCUT2D eigenvalue weighted by molar-refractivity contribution is 8.13. The van der Waals surface area contributed by atoms with Gasteiger partial charge in [0.1, 0.15) is 11.1 Å². The van der Waals surface area contributed by atoms with Gasteiger partial charge < -0.3 is 4.84 Å². The largest absolute Gasteiger partial charge is 0.376 e. The van der Waals surface area contributed by atoms with E-state index in [9.17, 15) is 0 Å². The van der Waals surface area contributed by atoms with Crippen LogP contribution in [-0.4, -0.2) is 16.9 Å². The van der Waals surface area contributed by atoms with Crippen molar-refractivity contribution in [2.24, 2.45) is 5.16 Å². The second-order valence-electron chi connectivity index (χ2n) is 3.50. The molecule has 0 N–H and O–H groups in total. The second-order valence-corrected chi connectivity index (χ2v) is 4.66. The minimum absolute atomic E-state index is 0.376. The third-order valence-corrected chi connectivity index (χ3v) is 3.27. The second kappa shape index (κ2) is 5.57. The fourth-order valence-electron chi connectivity index (χ4n) is 1.44. The van der Waals surface area contributed by atoms with Crippen LogP contribution < -0.4 is 0 Å². The van der Waals surface area contributed by atoms with E-state index in [1.807, 2.05) is 18.2 Å². The summed E-state index contributed by atoms with van der Waals surface area (Å²) >= 11 is 1.67. The summed E-state index contributed by atoms with van der Waals surface area (Å²) < 4.78 is 0. The molecule has 0 amide bonds. The number of hydrogen-bond donors (Lipinski definition) is 0. The molecule has 3 nitrogen and oxygen atoms in total. The molecule has 0 radical (unpaired) electrons. The molecule has 16 heavy (non-hydrogen) atoms. The van der Waals surface area contributed by atoms with Gasteiger partial charge in [0.25, 0.3) is 0 Å². The van der Waals surface area contributed by atoms with Gasteiger partial charge in [0.05, 0.1) is 6.42 Å². The average molecular weight is 232 g/mol. The first-order valence-electron chi connectivity index (χ1n) is 5.17. The van der Waals surface area contributed by atoms with Crippen molar-refractivity contribution >= 4 is 16.8 Å². The number of nitrogens with zero attached hydrogens (tertiary/aromatic N) is 2. The fraction of sp³-hybridized carbons (Fsp3) is 0.333. The molecule has 0 fully saturated rings. The molecule has 1 atom stereocenters. The van der Waals surface area contributed by atoms with Crippen molar-refractivity contribution < 1.29 is 4.84 Å². The predicted octanol–water partition coefficient (Wildman–Crippen LogP) is 2.59. The fourth-order valence-corrected chi connectivity index (χ4v) is 2.38. The summed E-state index contributed by atoms with van der Waals surface area (Å²) in [5, 5.41) is 13.4. The van der Waals surface area contributed by atoms with Crippen LogP contribution in [0.25, 0.3) is 0 Å². The van der Waals surface area contributed by atoms with Gasteiger partial charge in [-0.05, 0) is 12.0 Å². The van der Waals surface area contributed by atoms with Crippen molar-refractivity contribution in [2.45, 2.75) is 18.9 Å². The molecule has 0 bridgehead atoms. The van der Waals surface area contributed by atoms with Crippen molar-refractivity contribution in [3.8, 4) is 6.07 Å². The van der Waals surface area contributed by atoms with Crippen LogP contribution >= 0.6 is 11.8 Å². The minimum Gasteiger partial charge on any atom is -0.376 e. The van der Waals surface area contributed by atoms with Crippen LogP contribution in [0.2, 0.25) is 0 Å². The smallest absolute Gasteiger partial charge is 0.218 e. The summed E-state index contributed by atoms with van der Waals surface area (Å²) in [6, 6.07) is 12.4. The van der Waals surface area contributed by atoms with Crippen LogP contribution in [0.3, 0.4) is 0 Å². The zero-order valence-corrected chi connectivity index (χ0v) is 9.61. The summed E-state index contributed by atoms with van der Waals surface area (Å²) in [7, 11) is 0. The van der Waals surface area contributed by atoms with E-state index in [0.29, 0.717) is 6.42 Å². The molecule has 1 heterocycles. The quantitative estimate of drug-likeness (QED) is 0.804. The monoisotopic (exact) mass is 232 g/mol. The maximum atomic E-state index is 8.63. The highest BCUT2D eigenvalue weighted by Gasteiger charge is 2.20. The third-order valence-electron chi connectivity index (χ3n) is 2.29. The van der Waals surface area contributed by atoms with Crippen LogP contribution in [0.1, 0.15) is 12.0 Å². The van der Waals surface area contributed by atoms with Gasteiger partial charge in [-0.1, -0.05) is 35.5 Å². The van der Waals surface area contributed by atoms with E-state index in [2.05, 4.69) is 23.4 Å². The lowest BCUT2D eigenvalue weighted by atomic mass is 10.2. The van der Waals surface area contributed by atoms with E-state index >= 15 is 0 Å². The predicted molar refractivity (Wildman–Crippen MR) is 65.1 cm³/mol. The molecule has 0 aliphatic carbocycles. The van der Waals surface area contributed by atoms with Gasteiger partial charge in [-0.2, -0.15) is 5.26 Å². The standard InChI is InChI=1S/C12H12N2OS/c13-9-11-8-12(14-15-11)16-7-6-10-4-2-1-3-5-10/h1-5,11H,6-8H2. The van der Waals surface area contributed by atoms with E-state index in [1.165, 1.54) is 5.56 Å². The Morgan fingerprint density at radius 3 is 2.94 bits per heavy atom. The van der Waals surface area contributed by atoms with Gasteiger partial charge in [-0.3, -0.25) is 0 Å². The van der Waals surface area contributed by atoms with Crippen molar-refractivity contribution in [1.82, 2.24) is 0 Å². The molecule has 1 unspecified atom stereocenters. The molecule has 82 valence electrons. The molecular weight excluding hydrogens is 220 g/mol. The Morgan fingerprint density at radius 2 is 2.25 bits per heavy atom. The number of benzene rings is 1. The average Bonchev–Trinajstić information content (AvgIpc) is 2.78. The van der Waals surface area contributed by atoms with Crippen molar-refractivity contribution in [1.29, 1.82) is 5.26 Å². The van der Waals surface area contributed by atoms with Gasteiger partial charge in [-0.15, -0.1) is 11.8 Å². The molecule has 1 aromatic carbocycles. The summed E-state index contributed by atoms with van der Waals surface area (Å²) in [6.07, 6.45) is 1.27. The minimum atomic E-state index is -0.376. The van der Waals surface area contributed by atoms with Crippen LogP contribution in [0, 0.1) is 11.3 Å². The van der Waals surface area contributed by atoms with E-state index in [0.717, 1.165) is 17.2 Å². The van der Waals surface area contributed by atoms with Crippen molar-refractivity contribution in [2.75, 3.05) is 5.75 Å². The number of rotatable bonds is 3. The van der Waals surface area contributed by atoms with E-state index in [-0.39, 0.29) is 6.10 Å². The van der Waals surface area contributed by atoms with E-state index < -0.39 is 0 Å². The van der Waals surface area contributed by atoms with E-state index in [1.54, 1.807) is 11.8 Å². The van der Waals surface area contributed by atoms with Crippen LogP contribution in [-0.2, 0) is 11.3 Å². The third kappa shape index (κ3) is 3.01. The number of aryl methyl sites for hydroxylation is 1. The first-order chi connectivity index (χ1) is 7.88. The van der Waals surface area contributed by atoms with Crippen molar-refractivity contribution in [3.05, 3.63) is 35.9 Å². The first kappa shape index (κ1) is 11.0. The Balaban J connectivity index is 1.72. The van der Waals surface area contributed by atoms with Gasteiger partial charge in [0.15, 0.2) is 0 Å². The highest BCUT2D eigenvalue weighted by Crippen LogP contribution is 2.19. The maximum absolute atomic E-state index is 8.63. The number of nitriles is 1. The van der Waals surface area contributed by atoms with Crippen LogP contribution in [0.15, 0.2) is 35.5 Å². The number of oxime groups is 1. The van der Waals surface area contributed by atoms with Crippen molar-refractivity contribution in [3.63, 3.8) is 0 Å². The molecular formula is C12H12N2OS. The van der Waals surface area contributed by atoms with E-state index in [4.69, 9.17) is 10.1 Å². The molecule has 1 aromatic rings. The SMILES string of the molecule is N#CC1CC(SCCc2ccccc2)=NO1. The summed E-state index contributed by atoms with van der Waals surface area (Å²) in [5.74, 6) is 0.977. The normalized spacial score (nSPS) is 18.7. The Kier molecular flexibility index (Phi) is 3.84. The highest BCUT2D eigenvalue weighted by atomic mass is 32.2. The number of thioether (sulfide) groups is 1. The Morgan fingerprint density at radius 1 is 1.44 bits per heavy atom. The van der Waals surface area contributed by atoms with Gasteiger partial charge >= 0.3 is 0 Å². The molecule has 0 saturated carbocycles. The molecule has 0 saturated heterocycles.